The number of hydrogen-bond donors (Lipinski definition) is 2. The minimum absolute atomic E-state index is 0.730. The van der Waals surface area contributed by atoms with Crippen molar-refractivity contribution in [2.45, 2.75) is 51.5 Å². The first kappa shape index (κ1) is 11.0. The molecular weight excluding hydrogens is 160 g/mol. The second-order valence-corrected chi connectivity index (χ2v) is 4.23. The quantitative estimate of drug-likeness (QED) is 0.661. The Morgan fingerprint density at radius 1 is 1.38 bits per heavy atom. The van der Waals surface area contributed by atoms with E-state index >= 15 is 0 Å². The van der Waals surface area contributed by atoms with Gasteiger partial charge in [-0.25, -0.2) is 0 Å². The van der Waals surface area contributed by atoms with Crippen molar-refractivity contribution < 1.29 is 0 Å². The third-order valence-corrected chi connectivity index (χ3v) is 3.25. The summed E-state index contributed by atoms with van der Waals surface area (Å²) in [5.41, 5.74) is 5.65. The van der Waals surface area contributed by atoms with Gasteiger partial charge in [0.2, 0.25) is 0 Å². The van der Waals surface area contributed by atoms with Gasteiger partial charge >= 0.3 is 0 Å². The van der Waals surface area contributed by atoms with E-state index in [-0.39, 0.29) is 0 Å². The Kier molecular flexibility index (Phi) is 5.40. The lowest BCUT2D eigenvalue weighted by Gasteiger charge is -2.15. The smallest absolute Gasteiger partial charge is 0.00670 e. The highest BCUT2D eigenvalue weighted by Gasteiger charge is 2.14. The molecule has 0 spiro atoms. The first-order chi connectivity index (χ1) is 6.36. The van der Waals surface area contributed by atoms with Gasteiger partial charge in [0.1, 0.15) is 0 Å². The Labute approximate surface area is 82.3 Å². The average molecular weight is 184 g/mol. The van der Waals surface area contributed by atoms with Crippen molar-refractivity contribution in [2.24, 2.45) is 11.7 Å². The normalized spacial score (nSPS) is 20.8. The fourth-order valence-electron chi connectivity index (χ4n) is 2.11. The maximum atomic E-state index is 5.65. The third-order valence-electron chi connectivity index (χ3n) is 3.25. The molecule has 2 nitrogen and oxygen atoms in total. The van der Waals surface area contributed by atoms with Crippen molar-refractivity contribution in [3.05, 3.63) is 0 Å². The molecule has 0 heterocycles. The summed E-state index contributed by atoms with van der Waals surface area (Å²) in [6.45, 7) is 4.25. The van der Waals surface area contributed by atoms with Gasteiger partial charge in [-0.1, -0.05) is 26.2 Å². The summed E-state index contributed by atoms with van der Waals surface area (Å²) in [7, 11) is 0. The molecule has 1 aliphatic rings. The molecule has 2 heteroatoms. The van der Waals surface area contributed by atoms with Crippen molar-refractivity contribution in [1.82, 2.24) is 5.32 Å². The number of nitrogens with one attached hydrogen (secondary N) is 1. The van der Waals surface area contributed by atoms with Gasteiger partial charge in [-0.3, -0.25) is 0 Å². The summed E-state index contributed by atoms with van der Waals surface area (Å²) in [6.07, 6.45) is 8.10. The van der Waals surface area contributed by atoms with E-state index in [1.165, 1.54) is 45.1 Å². The Morgan fingerprint density at radius 3 is 2.62 bits per heavy atom. The Hall–Kier alpha value is -0.0800. The molecule has 3 N–H and O–H groups in total. The second-order valence-electron chi connectivity index (χ2n) is 4.23. The van der Waals surface area contributed by atoms with Gasteiger partial charge < -0.3 is 11.1 Å². The highest BCUT2D eigenvalue weighted by Crippen LogP contribution is 2.17. The van der Waals surface area contributed by atoms with E-state index in [9.17, 15) is 0 Å². The zero-order valence-electron chi connectivity index (χ0n) is 8.89. The molecule has 1 unspecified atom stereocenters. The van der Waals surface area contributed by atoms with Crippen LogP contribution >= 0.6 is 0 Å². The Morgan fingerprint density at radius 2 is 2.08 bits per heavy atom. The van der Waals surface area contributed by atoms with Crippen molar-refractivity contribution >= 4 is 0 Å². The fraction of sp³-hybridized carbons (Fsp3) is 1.00. The maximum absolute atomic E-state index is 5.65. The highest BCUT2D eigenvalue weighted by atomic mass is 14.9. The van der Waals surface area contributed by atoms with E-state index in [1.807, 2.05) is 0 Å². The van der Waals surface area contributed by atoms with Crippen molar-refractivity contribution in [2.75, 3.05) is 13.1 Å². The molecule has 1 aliphatic carbocycles. The minimum Gasteiger partial charge on any atom is -0.330 e. The van der Waals surface area contributed by atoms with Crippen LogP contribution in [0.2, 0.25) is 0 Å². The SMILES string of the molecule is CCC(CN)CCNC1CCCC1. The molecule has 13 heavy (non-hydrogen) atoms. The zero-order valence-corrected chi connectivity index (χ0v) is 8.89. The number of rotatable bonds is 6. The predicted octanol–water partition coefficient (Wildman–Crippen LogP) is 1.89. The summed E-state index contributed by atoms with van der Waals surface area (Å²) < 4.78 is 0. The van der Waals surface area contributed by atoms with Crippen LogP contribution in [0.5, 0.6) is 0 Å². The molecule has 0 aromatic heterocycles. The molecule has 0 aromatic rings. The number of nitrogens with two attached hydrogens (primary N) is 1. The maximum Gasteiger partial charge on any atom is 0.00670 e. The van der Waals surface area contributed by atoms with E-state index in [0.717, 1.165) is 18.5 Å². The van der Waals surface area contributed by atoms with Crippen LogP contribution in [-0.2, 0) is 0 Å². The van der Waals surface area contributed by atoms with Gasteiger partial charge in [0.25, 0.3) is 0 Å². The highest BCUT2D eigenvalue weighted by molar-refractivity contribution is 4.73. The Bertz CT molecular complexity index is 113. The lowest BCUT2D eigenvalue weighted by molar-refractivity contribution is 0.431. The average Bonchev–Trinajstić information content (AvgIpc) is 2.65. The van der Waals surface area contributed by atoms with Crippen molar-refractivity contribution in [1.29, 1.82) is 0 Å². The first-order valence-electron chi connectivity index (χ1n) is 5.80. The van der Waals surface area contributed by atoms with E-state index < -0.39 is 0 Å². The van der Waals surface area contributed by atoms with Crippen LogP contribution < -0.4 is 11.1 Å². The first-order valence-corrected chi connectivity index (χ1v) is 5.80. The van der Waals surface area contributed by atoms with E-state index in [0.29, 0.717) is 0 Å². The lowest BCUT2D eigenvalue weighted by atomic mass is 10.0. The molecule has 78 valence electrons. The van der Waals surface area contributed by atoms with Gasteiger partial charge in [-0.15, -0.1) is 0 Å². The molecule has 0 bridgehead atoms. The summed E-state index contributed by atoms with van der Waals surface area (Å²) in [4.78, 5) is 0. The van der Waals surface area contributed by atoms with E-state index in [1.54, 1.807) is 0 Å². The van der Waals surface area contributed by atoms with E-state index in [2.05, 4.69) is 12.2 Å². The van der Waals surface area contributed by atoms with Crippen molar-refractivity contribution in [3.63, 3.8) is 0 Å². The molecule has 0 radical (unpaired) electrons. The largest absolute Gasteiger partial charge is 0.330 e. The monoisotopic (exact) mass is 184 g/mol. The summed E-state index contributed by atoms with van der Waals surface area (Å²) in [5, 5.41) is 3.63. The molecule has 0 aromatic carbocycles. The predicted molar refractivity (Wildman–Crippen MR) is 57.7 cm³/mol. The van der Waals surface area contributed by atoms with Crippen LogP contribution in [0.25, 0.3) is 0 Å². The molecular formula is C11H24N2. The van der Waals surface area contributed by atoms with Gasteiger partial charge in [0.05, 0.1) is 0 Å². The van der Waals surface area contributed by atoms with Crippen molar-refractivity contribution in [3.8, 4) is 0 Å². The van der Waals surface area contributed by atoms with Crippen LogP contribution in [-0.4, -0.2) is 19.1 Å². The lowest BCUT2D eigenvalue weighted by Crippen LogP contribution is -2.29. The second kappa shape index (κ2) is 6.39. The van der Waals surface area contributed by atoms with Crippen LogP contribution in [0.3, 0.4) is 0 Å². The van der Waals surface area contributed by atoms with Crippen LogP contribution in [0.15, 0.2) is 0 Å². The molecule has 1 atom stereocenters. The van der Waals surface area contributed by atoms with Crippen LogP contribution in [0, 0.1) is 5.92 Å². The summed E-state index contributed by atoms with van der Waals surface area (Å²) in [6, 6.07) is 0.815. The van der Waals surface area contributed by atoms with Gasteiger partial charge in [0.15, 0.2) is 0 Å². The summed E-state index contributed by atoms with van der Waals surface area (Å²) in [5.74, 6) is 0.730. The van der Waals surface area contributed by atoms with Crippen LogP contribution in [0.4, 0.5) is 0 Å². The molecule has 0 amide bonds. The standard InChI is InChI=1S/C11H24N2/c1-2-10(9-12)7-8-13-11-5-3-4-6-11/h10-11,13H,2-9,12H2,1H3. The van der Waals surface area contributed by atoms with Crippen LogP contribution in [0.1, 0.15) is 45.4 Å². The fourth-order valence-corrected chi connectivity index (χ4v) is 2.11. The Balaban J connectivity index is 1.98. The minimum atomic E-state index is 0.730. The van der Waals surface area contributed by atoms with E-state index in [4.69, 9.17) is 5.73 Å². The topological polar surface area (TPSA) is 38.0 Å². The third kappa shape index (κ3) is 4.10. The molecule has 1 rings (SSSR count). The summed E-state index contributed by atoms with van der Waals surface area (Å²) >= 11 is 0. The molecule has 0 aliphatic heterocycles. The molecule has 0 saturated heterocycles. The molecule has 1 saturated carbocycles. The zero-order chi connectivity index (χ0) is 9.52. The number of hydrogen-bond acceptors (Lipinski definition) is 2. The molecule has 1 fully saturated rings. The van der Waals surface area contributed by atoms with Gasteiger partial charge in [-0.05, 0) is 38.3 Å². The van der Waals surface area contributed by atoms with Gasteiger partial charge in [-0.2, -0.15) is 0 Å². The van der Waals surface area contributed by atoms with Gasteiger partial charge in [0, 0.05) is 6.04 Å².